The summed E-state index contributed by atoms with van der Waals surface area (Å²) in [6.45, 7) is -2.71. The molecule has 2 amide bonds. The first-order chi connectivity index (χ1) is 23.6. The fourth-order valence-electron chi connectivity index (χ4n) is 4.99. The van der Waals surface area contributed by atoms with Crippen LogP contribution in [0, 0.1) is 0 Å². The summed E-state index contributed by atoms with van der Waals surface area (Å²) in [5.41, 5.74) is -1.41. The number of nitrogens with one attached hydrogen (secondary N) is 4. The van der Waals surface area contributed by atoms with E-state index in [1.165, 1.54) is 12.1 Å². The summed E-state index contributed by atoms with van der Waals surface area (Å²) in [5, 5.41) is 127. The minimum Gasteiger partial charge on any atom is -0.507 e. The zero-order valence-corrected chi connectivity index (χ0v) is 26.2. The lowest BCUT2D eigenvalue weighted by Crippen LogP contribution is -2.52. The maximum Gasteiger partial charge on any atom is 0.251 e. The van der Waals surface area contributed by atoms with E-state index in [2.05, 4.69) is 21.3 Å². The molecule has 1 aliphatic rings. The maximum atomic E-state index is 13.7. The number of aliphatic hydroxyl groups is 10. The quantitative estimate of drug-likeness (QED) is 0.0431. The van der Waals surface area contributed by atoms with E-state index in [1.807, 2.05) is 0 Å². The van der Waals surface area contributed by atoms with Crippen molar-refractivity contribution in [3.8, 4) is 11.5 Å². The Balaban J connectivity index is 1.76. The SMILES string of the molecule is O=C1c2c(O)ccc(O)c2C(=O)c2c(NCCNC(=O)[C@@H](O)[C@H](O)[C@@H](O)[C@@H](O)CO)ccc(NCCNC(=O)[C@@H](O)[C@H](O)[C@@H](O)[C@@H](O)CO)c21. The molecule has 0 unspecified atom stereocenters. The highest BCUT2D eigenvalue weighted by Gasteiger charge is 2.39. The third-order valence-electron chi connectivity index (χ3n) is 7.80. The molecule has 20 nitrogen and oxygen atoms in total. The predicted molar refractivity (Wildman–Crippen MR) is 168 cm³/mol. The van der Waals surface area contributed by atoms with Crippen molar-refractivity contribution in [2.24, 2.45) is 0 Å². The number of aliphatic hydroxyl groups excluding tert-OH is 10. The highest BCUT2D eigenvalue weighted by atomic mass is 16.4. The van der Waals surface area contributed by atoms with Gasteiger partial charge in [0.05, 0.1) is 35.5 Å². The zero-order valence-electron chi connectivity index (χ0n) is 26.2. The number of rotatable bonds is 18. The second kappa shape index (κ2) is 17.4. The van der Waals surface area contributed by atoms with Gasteiger partial charge in [-0.1, -0.05) is 0 Å². The highest BCUT2D eigenvalue weighted by Crippen LogP contribution is 2.42. The fourth-order valence-corrected chi connectivity index (χ4v) is 4.99. The highest BCUT2D eigenvalue weighted by molar-refractivity contribution is 6.33. The Bertz CT molecular complexity index is 1450. The number of anilines is 2. The van der Waals surface area contributed by atoms with Gasteiger partial charge in [0.2, 0.25) is 11.6 Å². The lowest BCUT2D eigenvalue weighted by atomic mass is 9.81. The second-order valence-electron chi connectivity index (χ2n) is 11.2. The number of benzene rings is 2. The van der Waals surface area contributed by atoms with Crippen LogP contribution in [0.5, 0.6) is 11.5 Å². The van der Waals surface area contributed by atoms with Gasteiger partial charge < -0.3 is 82.5 Å². The van der Waals surface area contributed by atoms with Crippen LogP contribution in [-0.2, 0) is 9.59 Å². The van der Waals surface area contributed by atoms with Gasteiger partial charge in [-0.25, -0.2) is 0 Å². The Labute approximate surface area is 282 Å². The second-order valence-corrected chi connectivity index (χ2v) is 11.2. The standard InChI is InChI=1S/C30H40N4O16/c35-9-15(39)21(41)25(45)27(47)29(49)33-7-5-31-11-1-2-12(32-6-8-34-30(50)28(48)26(46)22(42)16(40)10-36)18-17(11)23(43)19-13(37)3-4-14(38)20(19)24(18)44/h1-4,15-16,21-22,25-28,31-32,35-42,45-48H,5-10H2,(H,33,49)(H,34,50)/t15-,16-,21-,22-,25+,26+,27-,28-/m0/s1. The third kappa shape index (κ3) is 8.62. The minimum atomic E-state index is -2.19. The number of hydrogen-bond acceptors (Lipinski definition) is 18. The van der Waals surface area contributed by atoms with E-state index in [-0.39, 0.29) is 48.7 Å². The van der Waals surface area contributed by atoms with Crippen LogP contribution in [0.2, 0.25) is 0 Å². The molecular formula is C30H40N4O16. The average molecular weight is 713 g/mol. The van der Waals surface area contributed by atoms with Crippen LogP contribution >= 0.6 is 0 Å². The van der Waals surface area contributed by atoms with Gasteiger partial charge in [-0.15, -0.1) is 0 Å². The van der Waals surface area contributed by atoms with E-state index in [0.717, 1.165) is 12.1 Å². The number of hydrogen-bond donors (Lipinski definition) is 16. The topological polar surface area (TPSA) is 359 Å². The number of phenols is 2. The first-order valence-electron chi connectivity index (χ1n) is 15.1. The van der Waals surface area contributed by atoms with Gasteiger partial charge in [0.25, 0.3) is 11.8 Å². The van der Waals surface area contributed by atoms with Crippen molar-refractivity contribution in [2.75, 3.05) is 50.0 Å². The molecular weight excluding hydrogens is 672 g/mol. The number of ketones is 2. The molecule has 0 bridgehead atoms. The summed E-state index contributed by atoms with van der Waals surface area (Å²) in [7, 11) is 0. The van der Waals surface area contributed by atoms with Gasteiger partial charge in [0, 0.05) is 37.6 Å². The number of phenolic OH excluding ortho intramolecular Hbond substituents is 2. The number of amides is 2. The van der Waals surface area contributed by atoms with Crippen molar-refractivity contribution < 1.29 is 80.5 Å². The summed E-state index contributed by atoms with van der Waals surface area (Å²) in [6, 6.07) is 4.75. The molecule has 8 atom stereocenters. The summed E-state index contributed by atoms with van der Waals surface area (Å²) in [6.07, 6.45) is -16.4. The van der Waals surface area contributed by atoms with Crippen LogP contribution in [0.3, 0.4) is 0 Å². The molecule has 0 spiro atoms. The van der Waals surface area contributed by atoms with E-state index in [0.29, 0.717) is 0 Å². The fraction of sp³-hybridized carbons (Fsp3) is 0.467. The molecule has 16 N–H and O–H groups in total. The summed E-state index contributed by atoms with van der Waals surface area (Å²) >= 11 is 0. The first kappa shape index (κ1) is 40.0. The lowest BCUT2D eigenvalue weighted by molar-refractivity contribution is -0.149. The summed E-state index contributed by atoms with van der Waals surface area (Å²) in [4.78, 5) is 51.9. The van der Waals surface area contributed by atoms with Crippen molar-refractivity contribution >= 4 is 34.8 Å². The molecule has 2 aromatic carbocycles. The Morgan fingerprint density at radius 3 is 1.18 bits per heavy atom. The van der Waals surface area contributed by atoms with Gasteiger partial charge in [0.1, 0.15) is 48.1 Å². The van der Waals surface area contributed by atoms with Gasteiger partial charge in [-0.3, -0.25) is 19.2 Å². The number of carbonyl (C=O) groups is 4. The molecule has 0 aliphatic heterocycles. The zero-order chi connectivity index (χ0) is 37.4. The molecule has 0 aromatic heterocycles. The average Bonchev–Trinajstić information content (AvgIpc) is 3.11. The number of fused-ring (bicyclic) bond motifs is 2. The van der Waals surface area contributed by atoms with E-state index < -0.39 is 108 Å². The van der Waals surface area contributed by atoms with Crippen molar-refractivity contribution in [2.45, 2.75) is 48.8 Å². The molecule has 2 aromatic rings. The van der Waals surface area contributed by atoms with Crippen LogP contribution in [0.4, 0.5) is 11.4 Å². The monoisotopic (exact) mass is 712 g/mol. The van der Waals surface area contributed by atoms with E-state index in [1.54, 1.807) is 0 Å². The predicted octanol–water partition coefficient (Wildman–Crippen LogP) is -6.20. The number of aromatic hydroxyl groups is 2. The smallest absolute Gasteiger partial charge is 0.251 e. The number of carbonyl (C=O) groups excluding carboxylic acids is 4. The van der Waals surface area contributed by atoms with E-state index in [9.17, 15) is 70.2 Å². The first-order valence-corrected chi connectivity index (χ1v) is 15.1. The van der Waals surface area contributed by atoms with Gasteiger partial charge >= 0.3 is 0 Å². The summed E-state index contributed by atoms with van der Waals surface area (Å²) in [5.74, 6) is -5.25. The van der Waals surface area contributed by atoms with Gasteiger partial charge in [-0.2, -0.15) is 0 Å². The van der Waals surface area contributed by atoms with Gasteiger partial charge in [0.15, 0.2) is 12.2 Å². The largest absolute Gasteiger partial charge is 0.507 e. The van der Waals surface area contributed by atoms with Crippen molar-refractivity contribution in [1.29, 1.82) is 0 Å². The van der Waals surface area contributed by atoms with Gasteiger partial charge in [-0.05, 0) is 24.3 Å². The van der Waals surface area contributed by atoms with E-state index in [4.69, 9.17) is 10.2 Å². The molecule has 3 rings (SSSR count). The molecule has 0 fully saturated rings. The van der Waals surface area contributed by atoms with Crippen molar-refractivity contribution in [3.63, 3.8) is 0 Å². The minimum absolute atomic E-state index is 0.0302. The molecule has 0 saturated heterocycles. The molecule has 20 heteroatoms. The lowest BCUT2D eigenvalue weighted by Gasteiger charge is -2.26. The van der Waals surface area contributed by atoms with Crippen LogP contribution in [0.15, 0.2) is 24.3 Å². The Morgan fingerprint density at radius 2 is 0.860 bits per heavy atom. The molecule has 50 heavy (non-hydrogen) atoms. The molecule has 276 valence electrons. The Morgan fingerprint density at radius 1 is 0.520 bits per heavy atom. The van der Waals surface area contributed by atoms with Crippen LogP contribution in [-0.4, -0.2) is 173 Å². The molecule has 0 radical (unpaired) electrons. The van der Waals surface area contributed by atoms with Crippen LogP contribution in [0.25, 0.3) is 0 Å². The molecule has 0 saturated carbocycles. The van der Waals surface area contributed by atoms with E-state index >= 15 is 0 Å². The molecule has 1 aliphatic carbocycles. The third-order valence-corrected chi connectivity index (χ3v) is 7.80. The normalized spacial score (nSPS) is 17.2. The van der Waals surface area contributed by atoms with Crippen LogP contribution < -0.4 is 21.3 Å². The van der Waals surface area contributed by atoms with Crippen molar-refractivity contribution in [3.05, 3.63) is 46.5 Å². The Kier molecular flexibility index (Phi) is 13.9. The molecule has 0 heterocycles. The summed E-state index contributed by atoms with van der Waals surface area (Å²) < 4.78 is 0. The van der Waals surface area contributed by atoms with Crippen LogP contribution in [0.1, 0.15) is 31.8 Å². The Hall–Kier alpha value is -4.48. The van der Waals surface area contributed by atoms with Crippen molar-refractivity contribution in [1.82, 2.24) is 10.6 Å². The maximum absolute atomic E-state index is 13.7.